The zero-order chi connectivity index (χ0) is 16.8. The van der Waals surface area contributed by atoms with Crippen LogP contribution in [0, 0.1) is 6.92 Å². The summed E-state index contributed by atoms with van der Waals surface area (Å²) < 4.78 is 5.15. The SMILES string of the molecule is Cc1ccc(OC(=O)CNC(=O)c2ccc(N(C)C)cc2)cc1. The summed E-state index contributed by atoms with van der Waals surface area (Å²) in [7, 11) is 3.85. The molecule has 0 saturated heterocycles. The molecule has 0 saturated carbocycles. The molecule has 0 unspecified atom stereocenters. The normalized spacial score (nSPS) is 10.0. The molecule has 1 amide bonds. The van der Waals surface area contributed by atoms with E-state index in [4.69, 9.17) is 4.74 Å². The Labute approximate surface area is 135 Å². The van der Waals surface area contributed by atoms with Gasteiger partial charge in [-0.1, -0.05) is 17.7 Å². The van der Waals surface area contributed by atoms with Gasteiger partial charge in [-0.15, -0.1) is 0 Å². The van der Waals surface area contributed by atoms with Crippen LogP contribution in [-0.4, -0.2) is 32.5 Å². The Hall–Kier alpha value is -2.82. The lowest BCUT2D eigenvalue weighted by atomic mass is 10.2. The van der Waals surface area contributed by atoms with Crippen molar-refractivity contribution in [2.24, 2.45) is 0 Å². The number of nitrogens with zero attached hydrogens (tertiary/aromatic N) is 1. The predicted molar refractivity (Wildman–Crippen MR) is 89.9 cm³/mol. The lowest BCUT2D eigenvalue weighted by Crippen LogP contribution is -2.31. The first-order valence-electron chi connectivity index (χ1n) is 7.28. The number of ether oxygens (including phenoxy) is 1. The minimum absolute atomic E-state index is 0.178. The summed E-state index contributed by atoms with van der Waals surface area (Å²) in [6.45, 7) is 1.77. The molecule has 1 N–H and O–H groups in total. The number of rotatable bonds is 5. The van der Waals surface area contributed by atoms with Gasteiger partial charge in [-0.25, -0.2) is 4.79 Å². The topological polar surface area (TPSA) is 58.6 Å². The molecule has 5 heteroatoms. The number of hydrogen-bond donors (Lipinski definition) is 1. The van der Waals surface area contributed by atoms with Crippen LogP contribution in [0.15, 0.2) is 48.5 Å². The lowest BCUT2D eigenvalue weighted by Gasteiger charge is -2.12. The summed E-state index contributed by atoms with van der Waals surface area (Å²) in [5.74, 6) is -0.353. The molecule has 120 valence electrons. The lowest BCUT2D eigenvalue weighted by molar-refractivity contribution is -0.133. The van der Waals surface area contributed by atoms with Gasteiger partial charge >= 0.3 is 5.97 Å². The predicted octanol–water partition coefficient (Wildman–Crippen LogP) is 2.40. The van der Waals surface area contributed by atoms with Gasteiger partial charge in [0.15, 0.2) is 0 Å². The number of hydrogen-bond acceptors (Lipinski definition) is 4. The average molecular weight is 312 g/mol. The smallest absolute Gasteiger partial charge is 0.330 e. The van der Waals surface area contributed by atoms with Crippen molar-refractivity contribution in [3.05, 3.63) is 59.7 Å². The van der Waals surface area contributed by atoms with Gasteiger partial charge in [-0.3, -0.25) is 4.79 Å². The number of amides is 1. The molecule has 0 bridgehead atoms. The number of benzene rings is 2. The summed E-state index contributed by atoms with van der Waals surface area (Å²) in [6, 6.07) is 14.3. The number of carbonyl (C=O) groups is 2. The van der Waals surface area contributed by atoms with E-state index in [0.717, 1.165) is 11.3 Å². The fourth-order valence-corrected chi connectivity index (χ4v) is 1.94. The second-order valence-corrected chi connectivity index (χ2v) is 5.41. The van der Waals surface area contributed by atoms with Crippen molar-refractivity contribution in [1.82, 2.24) is 5.32 Å². The average Bonchev–Trinajstić information content (AvgIpc) is 2.55. The molecule has 0 spiro atoms. The first-order valence-corrected chi connectivity index (χ1v) is 7.28. The van der Waals surface area contributed by atoms with E-state index in [2.05, 4.69) is 5.32 Å². The first-order chi connectivity index (χ1) is 11.0. The van der Waals surface area contributed by atoms with Crippen molar-refractivity contribution < 1.29 is 14.3 Å². The Morgan fingerprint density at radius 2 is 1.61 bits per heavy atom. The molecular weight excluding hydrogens is 292 g/mol. The fraction of sp³-hybridized carbons (Fsp3) is 0.222. The molecular formula is C18H20N2O3. The summed E-state index contributed by atoms with van der Waals surface area (Å²) >= 11 is 0. The first kappa shape index (κ1) is 16.5. The molecule has 0 aliphatic carbocycles. The van der Waals surface area contributed by atoms with Crippen LogP contribution in [-0.2, 0) is 4.79 Å². The maximum Gasteiger partial charge on any atom is 0.330 e. The van der Waals surface area contributed by atoms with Gasteiger partial charge in [0.2, 0.25) is 0 Å². The molecule has 23 heavy (non-hydrogen) atoms. The number of aryl methyl sites for hydroxylation is 1. The van der Waals surface area contributed by atoms with Crippen LogP contribution in [0.1, 0.15) is 15.9 Å². The van der Waals surface area contributed by atoms with Gasteiger partial charge in [0.1, 0.15) is 12.3 Å². The zero-order valence-electron chi connectivity index (χ0n) is 13.5. The van der Waals surface area contributed by atoms with Gasteiger partial charge < -0.3 is 15.0 Å². The number of anilines is 1. The van der Waals surface area contributed by atoms with Crippen LogP contribution in [0.25, 0.3) is 0 Å². The van der Waals surface area contributed by atoms with Crippen molar-refractivity contribution in [1.29, 1.82) is 0 Å². The molecule has 0 heterocycles. The van der Waals surface area contributed by atoms with Gasteiger partial charge in [0.05, 0.1) is 0 Å². The maximum atomic E-state index is 12.0. The number of carbonyl (C=O) groups excluding carboxylic acids is 2. The molecule has 0 atom stereocenters. The quantitative estimate of drug-likeness (QED) is 0.680. The van der Waals surface area contributed by atoms with Crippen molar-refractivity contribution in [3.63, 3.8) is 0 Å². The van der Waals surface area contributed by atoms with Gasteiger partial charge in [-0.05, 0) is 43.3 Å². The van der Waals surface area contributed by atoms with E-state index in [9.17, 15) is 9.59 Å². The van der Waals surface area contributed by atoms with Crippen molar-refractivity contribution >= 4 is 17.6 Å². The Morgan fingerprint density at radius 1 is 1.00 bits per heavy atom. The van der Waals surface area contributed by atoms with Gasteiger partial charge in [-0.2, -0.15) is 0 Å². The Morgan fingerprint density at radius 3 is 2.17 bits per heavy atom. The van der Waals surface area contributed by atoms with E-state index in [-0.39, 0.29) is 12.5 Å². The molecule has 2 aromatic carbocycles. The molecule has 2 rings (SSSR count). The van der Waals surface area contributed by atoms with Crippen molar-refractivity contribution in [3.8, 4) is 5.75 Å². The highest BCUT2D eigenvalue weighted by Gasteiger charge is 2.10. The van der Waals surface area contributed by atoms with Crippen molar-refractivity contribution in [2.45, 2.75) is 6.92 Å². The highest BCUT2D eigenvalue weighted by Crippen LogP contribution is 2.13. The molecule has 0 aliphatic heterocycles. The third-order valence-corrected chi connectivity index (χ3v) is 3.29. The van der Waals surface area contributed by atoms with E-state index in [0.29, 0.717) is 11.3 Å². The highest BCUT2D eigenvalue weighted by molar-refractivity contribution is 5.96. The third-order valence-electron chi connectivity index (χ3n) is 3.29. The molecule has 2 aromatic rings. The monoisotopic (exact) mass is 312 g/mol. The summed E-state index contributed by atoms with van der Waals surface area (Å²) in [4.78, 5) is 25.7. The fourth-order valence-electron chi connectivity index (χ4n) is 1.94. The van der Waals surface area contributed by atoms with Crippen LogP contribution in [0.4, 0.5) is 5.69 Å². The Balaban J connectivity index is 1.85. The second kappa shape index (κ2) is 7.45. The Kier molecular flexibility index (Phi) is 5.36. The van der Waals surface area contributed by atoms with E-state index >= 15 is 0 Å². The third kappa shape index (κ3) is 4.85. The highest BCUT2D eigenvalue weighted by atomic mass is 16.5. The molecule has 0 radical (unpaired) electrons. The van der Waals surface area contributed by atoms with Crippen LogP contribution in [0.3, 0.4) is 0 Å². The van der Waals surface area contributed by atoms with Crippen LogP contribution >= 0.6 is 0 Å². The van der Waals surface area contributed by atoms with Gasteiger partial charge in [0, 0.05) is 25.3 Å². The van der Waals surface area contributed by atoms with Crippen LogP contribution in [0.2, 0.25) is 0 Å². The second-order valence-electron chi connectivity index (χ2n) is 5.41. The van der Waals surface area contributed by atoms with E-state index in [1.54, 1.807) is 24.3 Å². The minimum Gasteiger partial charge on any atom is -0.425 e. The summed E-state index contributed by atoms with van der Waals surface area (Å²) in [5, 5.41) is 2.55. The van der Waals surface area contributed by atoms with E-state index in [1.807, 2.05) is 50.2 Å². The summed E-state index contributed by atoms with van der Waals surface area (Å²) in [5.41, 5.74) is 2.58. The van der Waals surface area contributed by atoms with Gasteiger partial charge in [0.25, 0.3) is 5.91 Å². The zero-order valence-corrected chi connectivity index (χ0v) is 13.5. The molecule has 5 nitrogen and oxygen atoms in total. The summed E-state index contributed by atoms with van der Waals surface area (Å²) in [6.07, 6.45) is 0. The number of esters is 1. The number of nitrogens with one attached hydrogen (secondary N) is 1. The minimum atomic E-state index is -0.507. The Bertz CT molecular complexity index is 676. The van der Waals surface area contributed by atoms with Crippen molar-refractivity contribution in [2.75, 3.05) is 25.5 Å². The van der Waals surface area contributed by atoms with Crippen LogP contribution in [0.5, 0.6) is 5.75 Å². The maximum absolute atomic E-state index is 12.0. The largest absolute Gasteiger partial charge is 0.425 e. The van der Waals surface area contributed by atoms with Crippen LogP contribution < -0.4 is 15.0 Å². The molecule has 0 aromatic heterocycles. The molecule has 0 aliphatic rings. The van der Waals surface area contributed by atoms with E-state index in [1.165, 1.54) is 0 Å². The standard InChI is InChI=1S/C18H20N2O3/c1-13-4-10-16(11-5-13)23-17(21)12-19-18(22)14-6-8-15(9-7-14)20(2)3/h4-11H,12H2,1-3H3,(H,19,22). The molecule has 0 fully saturated rings. The van der Waals surface area contributed by atoms with E-state index < -0.39 is 5.97 Å².